The molecule has 1 atom stereocenters. The number of aromatic nitrogens is 2. The van der Waals surface area contributed by atoms with Crippen molar-refractivity contribution in [2.24, 2.45) is 0 Å². The first kappa shape index (κ1) is 12.2. The third kappa shape index (κ3) is 2.46. The summed E-state index contributed by atoms with van der Waals surface area (Å²) in [5.41, 5.74) is 1.47. The molecule has 1 aromatic heterocycles. The average molecular weight is 247 g/mol. The normalized spacial score (nSPS) is 25.1. The van der Waals surface area contributed by atoms with Gasteiger partial charge < -0.3 is 9.47 Å². The Balaban J connectivity index is 1.62. The Morgan fingerprint density at radius 1 is 1.17 bits per heavy atom. The van der Waals surface area contributed by atoms with Crippen LogP contribution in [0.4, 0.5) is 0 Å². The topological polar surface area (TPSA) is 21.1 Å². The van der Waals surface area contributed by atoms with Crippen molar-refractivity contribution in [2.45, 2.75) is 57.9 Å². The van der Waals surface area contributed by atoms with Crippen LogP contribution >= 0.6 is 0 Å². The highest BCUT2D eigenvalue weighted by molar-refractivity contribution is 5.12. The Bertz CT molecular complexity index is 390. The quantitative estimate of drug-likeness (QED) is 0.819. The molecule has 3 nitrogen and oxygen atoms in total. The monoisotopic (exact) mass is 247 g/mol. The van der Waals surface area contributed by atoms with Crippen LogP contribution in [0.25, 0.3) is 0 Å². The van der Waals surface area contributed by atoms with Crippen LogP contribution < -0.4 is 0 Å². The molecule has 3 rings (SSSR count). The molecule has 1 unspecified atom stereocenters. The minimum atomic E-state index is 0.704. The third-order valence-electron chi connectivity index (χ3n) is 4.59. The highest BCUT2D eigenvalue weighted by Crippen LogP contribution is 2.27. The SMILES string of the molecule is CC1CCCn2c1cnc2CCN1CCCCC1. The van der Waals surface area contributed by atoms with Gasteiger partial charge in [0, 0.05) is 31.4 Å². The van der Waals surface area contributed by atoms with Crippen LogP contribution in [0.2, 0.25) is 0 Å². The number of piperidine rings is 1. The number of likely N-dealkylation sites (tertiary alicyclic amines) is 1. The lowest BCUT2D eigenvalue weighted by molar-refractivity contribution is 0.229. The molecule has 0 amide bonds. The highest BCUT2D eigenvalue weighted by Gasteiger charge is 2.20. The Morgan fingerprint density at radius 3 is 2.83 bits per heavy atom. The standard InChI is InChI=1S/C15H25N3/c1-13-6-5-10-18-14(13)12-16-15(18)7-11-17-8-3-2-4-9-17/h12-13H,2-11H2,1H3. The van der Waals surface area contributed by atoms with E-state index in [2.05, 4.69) is 27.6 Å². The van der Waals surface area contributed by atoms with E-state index in [0.29, 0.717) is 5.92 Å². The van der Waals surface area contributed by atoms with Crippen LogP contribution in [0.5, 0.6) is 0 Å². The lowest BCUT2D eigenvalue weighted by Gasteiger charge is -2.27. The van der Waals surface area contributed by atoms with Crippen molar-refractivity contribution < 1.29 is 0 Å². The maximum atomic E-state index is 4.67. The summed E-state index contributed by atoms with van der Waals surface area (Å²) in [7, 11) is 0. The Morgan fingerprint density at radius 2 is 2.00 bits per heavy atom. The number of nitrogens with zero attached hydrogens (tertiary/aromatic N) is 3. The number of imidazole rings is 1. The number of rotatable bonds is 3. The molecule has 3 heteroatoms. The van der Waals surface area contributed by atoms with Crippen molar-refractivity contribution in [1.82, 2.24) is 14.5 Å². The van der Waals surface area contributed by atoms with Crippen molar-refractivity contribution in [1.29, 1.82) is 0 Å². The van der Waals surface area contributed by atoms with Crippen molar-refractivity contribution in [3.05, 3.63) is 17.7 Å². The van der Waals surface area contributed by atoms with Crippen LogP contribution in [0, 0.1) is 0 Å². The predicted octanol–water partition coefficient (Wildman–Crippen LogP) is 2.81. The maximum Gasteiger partial charge on any atom is 0.110 e. The summed E-state index contributed by atoms with van der Waals surface area (Å²) in [6, 6.07) is 0. The fourth-order valence-corrected chi connectivity index (χ4v) is 3.42. The molecule has 0 radical (unpaired) electrons. The summed E-state index contributed by atoms with van der Waals surface area (Å²) < 4.78 is 2.48. The number of hydrogen-bond donors (Lipinski definition) is 0. The van der Waals surface area contributed by atoms with Gasteiger partial charge in [0.1, 0.15) is 5.82 Å². The van der Waals surface area contributed by atoms with Crippen LogP contribution in [0.3, 0.4) is 0 Å². The van der Waals surface area contributed by atoms with Gasteiger partial charge in [-0.3, -0.25) is 0 Å². The molecule has 1 aromatic rings. The molecule has 0 aliphatic carbocycles. The van der Waals surface area contributed by atoms with E-state index < -0.39 is 0 Å². The second-order valence-corrected chi connectivity index (χ2v) is 5.95. The first-order valence-electron chi connectivity index (χ1n) is 7.61. The highest BCUT2D eigenvalue weighted by atomic mass is 15.1. The van der Waals surface area contributed by atoms with Crippen molar-refractivity contribution in [2.75, 3.05) is 19.6 Å². The predicted molar refractivity (Wildman–Crippen MR) is 73.9 cm³/mol. The summed E-state index contributed by atoms with van der Waals surface area (Å²) in [6.45, 7) is 7.31. The molecule has 1 fully saturated rings. The summed E-state index contributed by atoms with van der Waals surface area (Å²) in [6.07, 6.45) is 10.1. The molecule has 0 saturated carbocycles. The van der Waals surface area contributed by atoms with E-state index in [1.807, 2.05) is 0 Å². The maximum absolute atomic E-state index is 4.67. The first-order valence-corrected chi connectivity index (χ1v) is 7.61. The zero-order valence-corrected chi connectivity index (χ0v) is 11.6. The van der Waals surface area contributed by atoms with E-state index in [9.17, 15) is 0 Å². The van der Waals surface area contributed by atoms with Crippen LogP contribution in [0.15, 0.2) is 6.20 Å². The third-order valence-corrected chi connectivity index (χ3v) is 4.59. The number of hydrogen-bond acceptors (Lipinski definition) is 2. The van der Waals surface area contributed by atoms with Gasteiger partial charge in [0.2, 0.25) is 0 Å². The second-order valence-electron chi connectivity index (χ2n) is 5.95. The van der Waals surface area contributed by atoms with Crippen molar-refractivity contribution >= 4 is 0 Å². The van der Waals surface area contributed by atoms with E-state index >= 15 is 0 Å². The van der Waals surface area contributed by atoms with E-state index in [4.69, 9.17) is 0 Å². The molecule has 2 aliphatic heterocycles. The summed E-state index contributed by atoms with van der Waals surface area (Å²) in [4.78, 5) is 7.28. The van der Waals surface area contributed by atoms with Crippen molar-refractivity contribution in [3.63, 3.8) is 0 Å². The molecule has 100 valence electrons. The van der Waals surface area contributed by atoms with Crippen molar-refractivity contribution in [3.8, 4) is 0 Å². The van der Waals surface area contributed by atoms with E-state index in [0.717, 1.165) is 6.42 Å². The molecule has 0 N–H and O–H groups in total. The molecular formula is C15H25N3. The average Bonchev–Trinajstić information content (AvgIpc) is 2.82. The lowest BCUT2D eigenvalue weighted by atomic mass is 9.99. The molecule has 1 saturated heterocycles. The molecule has 3 heterocycles. The molecule has 0 aromatic carbocycles. The lowest BCUT2D eigenvalue weighted by Crippen LogP contribution is -2.32. The minimum Gasteiger partial charge on any atom is -0.332 e. The van der Waals surface area contributed by atoms with Gasteiger partial charge in [0.05, 0.1) is 0 Å². The Labute approximate surface area is 110 Å². The molecule has 2 aliphatic rings. The van der Waals surface area contributed by atoms with Gasteiger partial charge in [-0.2, -0.15) is 0 Å². The second kappa shape index (κ2) is 5.43. The summed E-state index contributed by atoms with van der Waals surface area (Å²) >= 11 is 0. The van der Waals surface area contributed by atoms with Gasteiger partial charge in [-0.05, 0) is 44.7 Å². The minimum absolute atomic E-state index is 0.704. The first-order chi connectivity index (χ1) is 8.84. The fourth-order valence-electron chi connectivity index (χ4n) is 3.42. The van der Waals surface area contributed by atoms with Gasteiger partial charge >= 0.3 is 0 Å². The van der Waals surface area contributed by atoms with Gasteiger partial charge in [-0.1, -0.05) is 13.3 Å². The van der Waals surface area contributed by atoms with Crippen LogP contribution in [-0.2, 0) is 13.0 Å². The molecule has 0 spiro atoms. The summed E-state index contributed by atoms with van der Waals surface area (Å²) in [5, 5.41) is 0. The van der Waals surface area contributed by atoms with Crippen LogP contribution in [-0.4, -0.2) is 34.1 Å². The Hall–Kier alpha value is -0.830. The zero-order chi connectivity index (χ0) is 12.4. The van der Waals surface area contributed by atoms with Gasteiger partial charge in [-0.25, -0.2) is 4.98 Å². The number of fused-ring (bicyclic) bond motifs is 1. The van der Waals surface area contributed by atoms with Gasteiger partial charge in [0.25, 0.3) is 0 Å². The largest absolute Gasteiger partial charge is 0.332 e. The van der Waals surface area contributed by atoms with E-state index in [-0.39, 0.29) is 0 Å². The Kier molecular flexibility index (Phi) is 3.69. The van der Waals surface area contributed by atoms with E-state index in [1.54, 1.807) is 0 Å². The molecule has 18 heavy (non-hydrogen) atoms. The zero-order valence-electron chi connectivity index (χ0n) is 11.6. The van der Waals surface area contributed by atoms with Crippen LogP contribution in [0.1, 0.15) is 56.5 Å². The van der Waals surface area contributed by atoms with E-state index in [1.165, 1.54) is 69.8 Å². The fraction of sp³-hybridized carbons (Fsp3) is 0.800. The molecule has 0 bridgehead atoms. The summed E-state index contributed by atoms with van der Waals surface area (Å²) in [5.74, 6) is 2.03. The smallest absolute Gasteiger partial charge is 0.110 e. The van der Waals surface area contributed by atoms with Gasteiger partial charge in [-0.15, -0.1) is 0 Å². The molecular weight excluding hydrogens is 222 g/mol. The van der Waals surface area contributed by atoms with Gasteiger partial charge in [0.15, 0.2) is 0 Å².